The fourth-order valence-corrected chi connectivity index (χ4v) is 2.36. The number of nitrogens with one attached hydrogen (secondary N) is 1. The van der Waals surface area contributed by atoms with E-state index in [1.807, 2.05) is 11.8 Å². The molecule has 1 rings (SSSR count). The van der Waals surface area contributed by atoms with Crippen LogP contribution in [0.1, 0.15) is 12.5 Å². The van der Waals surface area contributed by atoms with Gasteiger partial charge in [-0.05, 0) is 42.2 Å². The highest BCUT2D eigenvalue weighted by Crippen LogP contribution is 2.10. The van der Waals surface area contributed by atoms with Crippen LogP contribution >= 0.6 is 27.7 Å². The van der Waals surface area contributed by atoms with E-state index in [-0.39, 0.29) is 0 Å². The minimum absolute atomic E-state index is 0.746. The second kappa shape index (κ2) is 7.31. The summed E-state index contributed by atoms with van der Waals surface area (Å²) < 4.78 is 1.14. The van der Waals surface area contributed by atoms with E-state index in [0.29, 0.717) is 0 Å². The molecule has 0 spiro atoms. The lowest BCUT2D eigenvalue weighted by Crippen LogP contribution is -2.21. The maximum absolute atomic E-state index is 3.48. The molecule has 15 heavy (non-hydrogen) atoms. The van der Waals surface area contributed by atoms with Crippen molar-refractivity contribution in [2.24, 2.45) is 5.92 Å². The standard InChI is InChI=1S/C12H18BrNS/c1-10(9-15-2)7-14-8-11-3-5-12(13)6-4-11/h3-6,10,14H,7-9H2,1-2H3. The van der Waals surface area contributed by atoms with E-state index in [1.165, 1.54) is 11.3 Å². The average molecular weight is 288 g/mol. The Labute approximate surface area is 105 Å². The van der Waals surface area contributed by atoms with Crippen LogP contribution in [-0.2, 0) is 6.54 Å². The van der Waals surface area contributed by atoms with Crippen LogP contribution in [0.5, 0.6) is 0 Å². The first-order valence-electron chi connectivity index (χ1n) is 5.16. The zero-order valence-corrected chi connectivity index (χ0v) is 11.7. The molecule has 1 unspecified atom stereocenters. The van der Waals surface area contributed by atoms with E-state index >= 15 is 0 Å². The minimum atomic E-state index is 0.746. The third-order valence-electron chi connectivity index (χ3n) is 2.19. The summed E-state index contributed by atoms with van der Waals surface area (Å²) in [5.74, 6) is 1.98. The van der Waals surface area contributed by atoms with Crippen molar-refractivity contribution in [3.63, 3.8) is 0 Å². The number of rotatable bonds is 6. The van der Waals surface area contributed by atoms with Gasteiger partial charge in [0.1, 0.15) is 0 Å². The SMILES string of the molecule is CSCC(C)CNCc1ccc(Br)cc1. The number of hydrogen-bond donors (Lipinski definition) is 1. The first-order valence-corrected chi connectivity index (χ1v) is 7.35. The molecule has 84 valence electrons. The van der Waals surface area contributed by atoms with Gasteiger partial charge in [0.15, 0.2) is 0 Å². The van der Waals surface area contributed by atoms with Crippen molar-refractivity contribution in [3.8, 4) is 0 Å². The normalized spacial score (nSPS) is 12.7. The molecule has 0 aliphatic heterocycles. The second-order valence-corrected chi connectivity index (χ2v) is 5.64. The molecule has 1 atom stereocenters. The number of benzene rings is 1. The molecule has 0 aliphatic carbocycles. The summed E-state index contributed by atoms with van der Waals surface area (Å²) in [5, 5.41) is 3.48. The van der Waals surface area contributed by atoms with E-state index in [2.05, 4.69) is 58.7 Å². The molecule has 1 aromatic carbocycles. The Morgan fingerprint density at radius 1 is 1.33 bits per heavy atom. The second-order valence-electron chi connectivity index (χ2n) is 3.82. The van der Waals surface area contributed by atoms with Gasteiger partial charge in [0.25, 0.3) is 0 Å². The lowest BCUT2D eigenvalue weighted by Gasteiger charge is -2.11. The maximum atomic E-state index is 3.48. The molecule has 0 aliphatic rings. The highest BCUT2D eigenvalue weighted by atomic mass is 79.9. The Kier molecular flexibility index (Phi) is 6.37. The highest BCUT2D eigenvalue weighted by Gasteiger charge is 2.00. The number of halogens is 1. The van der Waals surface area contributed by atoms with Gasteiger partial charge in [0, 0.05) is 11.0 Å². The fraction of sp³-hybridized carbons (Fsp3) is 0.500. The number of thioether (sulfide) groups is 1. The van der Waals surface area contributed by atoms with Gasteiger partial charge in [0.05, 0.1) is 0 Å². The van der Waals surface area contributed by atoms with Crippen molar-refractivity contribution in [3.05, 3.63) is 34.3 Å². The third-order valence-corrected chi connectivity index (χ3v) is 3.62. The van der Waals surface area contributed by atoms with Crippen LogP contribution in [0.3, 0.4) is 0 Å². The maximum Gasteiger partial charge on any atom is 0.0205 e. The molecule has 0 aromatic heterocycles. The largest absolute Gasteiger partial charge is 0.312 e. The monoisotopic (exact) mass is 287 g/mol. The van der Waals surface area contributed by atoms with E-state index in [9.17, 15) is 0 Å². The molecule has 0 radical (unpaired) electrons. The van der Waals surface area contributed by atoms with E-state index in [1.54, 1.807) is 0 Å². The highest BCUT2D eigenvalue weighted by molar-refractivity contribution is 9.10. The summed E-state index contributed by atoms with van der Waals surface area (Å²) in [6.07, 6.45) is 2.16. The Hall–Kier alpha value is 0.01000. The van der Waals surface area contributed by atoms with Crippen molar-refractivity contribution in [1.82, 2.24) is 5.32 Å². The predicted molar refractivity (Wildman–Crippen MR) is 73.4 cm³/mol. The molecule has 0 bridgehead atoms. The first-order chi connectivity index (χ1) is 7.22. The van der Waals surface area contributed by atoms with Crippen molar-refractivity contribution < 1.29 is 0 Å². The molecule has 0 amide bonds. The molecule has 3 heteroatoms. The molecule has 1 N–H and O–H groups in total. The smallest absolute Gasteiger partial charge is 0.0205 e. The summed E-state index contributed by atoms with van der Waals surface area (Å²) in [5.41, 5.74) is 1.34. The van der Waals surface area contributed by atoms with Crippen LogP contribution in [0.2, 0.25) is 0 Å². The summed E-state index contributed by atoms with van der Waals surface area (Å²) in [4.78, 5) is 0. The van der Waals surface area contributed by atoms with Gasteiger partial charge >= 0.3 is 0 Å². The predicted octanol–water partition coefficient (Wildman–Crippen LogP) is 3.54. The number of hydrogen-bond acceptors (Lipinski definition) is 2. The van der Waals surface area contributed by atoms with Crippen LogP contribution in [0.15, 0.2) is 28.7 Å². The zero-order chi connectivity index (χ0) is 11.1. The van der Waals surface area contributed by atoms with Crippen LogP contribution in [0.25, 0.3) is 0 Å². The van der Waals surface area contributed by atoms with Crippen LogP contribution in [0.4, 0.5) is 0 Å². The van der Waals surface area contributed by atoms with Gasteiger partial charge in [0.2, 0.25) is 0 Å². The minimum Gasteiger partial charge on any atom is -0.312 e. The third kappa shape index (κ3) is 5.59. The van der Waals surface area contributed by atoms with Gasteiger partial charge in [-0.15, -0.1) is 0 Å². The van der Waals surface area contributed by atoms with E-state index in [0.717, 1.165) is 23.5 Å². The van der Waals surface area contributed by atoms with Crippen molar-refractivity contribution >= 4 is 27.7 Å². The summed E-state index contributed by atoms with van der Waals surface area (Å²) in [6, 6.07) is 8.47. The van der Waals surface area contributed by atoms with Crippen LogP contribution in [0, 0.1) is 5.92 Å². The summed E-state index contributed by atoms with van der Waals surface area (Å²) in [7, 11) is 0. The molecule has 0 fully saturated rings. The molecule has 0 heterocycles. The van der Waals surface area contributed by atoms with Gasteiger partial charge in [-0.3, -0.25) is 0 Å². The van der Waals surface area contributed by atoms with Crippen LogP contribution < -0.4 is 5.32 Å². The topological polar surface area (TPSA) is 12.0 Å². The molecule has 0 saturated heterocycles. The lowest BCUT2D eigenvalue weighted by molar-refractivity contribution is 0.559. The van der Waals surface area contributed by atoms with Crippen molar-refractivity contribution in [2.75, 3.05) is 18.6 Å². The Balaban J connectivity index is 2.22. The first kappa shape index (κ1) is 13.1. The van der Waals surface area contributed by atoms with E-state index < -0.39 is 0 Å². The average Bonchev–Trinajstić information content (AvgIpc) is 2.21. The Morgan fingerprint density at radius 3 is 2.60 bits per heavy atom. The molecule has 1 nitrogen and oxygen atoms in total. The van der Waals surface area contributed by atoms with Gasteiger partial charge < -0.3 is 5.32 Å². The Morgan fingerprint density at radius 2 is 2.00 bits per heavy atom. The zero-order valence-electron chi connectivity index (χ0n) is 9.29. The lowest BCUT2D eigenvalue weighted by atomic mass is 10.2. The summed E-state index contributed by atoms with van der Waals surface area (Å²) >= 11 is 5.35. The van der Waals surface area contributed by atoms with E-state index in [4.69, 9.17) is 0 Å². The van der Waals surface area contributed by atoms with Crippen molar-refractivity contribution in [2.45, 2.75) is 13.5 Å². The quantitative estimate of drug-likeness (QED) is 0.859. The van der Waals surface area contributed by atoms with Gasteiger partial charge in [-0.2, -0.15) is 11.8 Å². The Bertz CT molecular complexity index is 273. The van der Waals surface area contributed by atoms with Gasteiger partial charge in [-0.1, -0.05) is 35.0 Å². The summed E-state index contributed by atoms with van der Waals surface area (Å²) in [6.45, 7) is 4.34. The fourth-order valence-electron chi connectivity index (χ4n) is 1.41. The van der Waals surface area contributed by atoms with Crippen molar-refractivity contribution in [1.29, 1.82) is 0 Å². The van der Waals surface area contributed by atoms with Gasteiger partial charge in [-0.25, -0.2) is 0 Å². The van der Waals surface area contributed by atoms with Crippen LogP contribution in [-0.4, -0.2) is 18.6 Å². The molecular formula is C12H18BrNS. The molecule has 1 aromatic rings. The molecule has 0 saturated carbocycles. The molecular weight excluding hydrogens is 270 g/mol.